The Balaban J connectivity index is 2.61. The van der Waals surface area contributed by atoms with Gasteiger partial charge in [0, 0.05) is 18.0 Å². The number of likely N-dealkylation sites (N-methyl/N-ethyl adjacent to an activating group) is 1. The van der Waals surface area contributed by atoms with Crippen LogP contribution >= 0.6 is 0 Å². The van der Waals surface area contributed by atoms with Crippen LogP contribution < -0.4 is 0 Å². The fraction of sp³-hybridized carbons (Fsp3) is 1.00. The van der Waals surface area contributed by atoms with Crippen LogP contribution in [0.4, 0.5) is 8.78 Å². The van der Waals surface area contributed by atoms with Crippen molar-refractivity contribution in [2.24, 2.45) is 5.92 Å². The van der Waals surface area contributed by atoms with Crippen molar-refractivity contribution < 1.29 is 13.9 Å². The monoisotopic (exact) mass is 179 g/mol. The first-order chi connectivity index (χ1) is 5.49. The fourth-order valence-electron chi connectivity index (χ4n) is 1.71. The van der Waals surface area contributed by atoms with Gasteiger partial charge in [0.2, 0.25) is 6.43 Å². The van der Waals surface area contributed by atoms with E-state index >= 15 is 0 Å². The third-order valence-corrected chi connectivity index (χ3v) is 2.83. The summed E-state index contributed by atoms with van der Waals surface area (Å²) >= 11 is 0. The zero-order chi connectivity index (χ0) is 9.35. The Morgan fingerprint density at radius 3 is 2.50 bits per heavy atom. The summed E-state index contributed by atoms with van der Waals surface area (Å²) in [5, 5.41) is 9.01. The molecule has 0 aliphatic carbocycles. The predicted octanol–water partition coefficient (Wildman–Crippen LogP) is 0.954. The normalized spacial score (nSPS) is 38.0. The number of alkyl halides is 2. The maximum Gasteiger partial charge on any atom is 0.242 e. The first-order valence-corrected chi connectivity index (χ1v) is 4.10. The Bertz CT molecular complexity index is 165. The Hall–Kier alpha value is -0.220. The first-order valence-electron chi connectivity index (χ1n) is 4.10. The van der Waals surface area contributed by atoms with Gasteiger partial charge in [-0.25, -0.2) is 8.78 Å². The molecule has 1 heterocycles. The first kappa shape index (κ1) is 9.86. The van der Waals surface area contributed by atoms with E-state index < -0.39 is 17.9 Å². The molecule has 0 aromatic heterocycles. The van der Waals surface area contributed by atoms with Crippen molar-refractivity contribution in [1.82, 2.24) is 4.90 Å². The zero-order valence-corrected chi connectivity index (χ0v) is 7.43. The molecule has 1 aliphatic heterocycles. The Kier molecular flexibility index (Phi) is 2.68. The summed E-state index contributed by atoms with van der Waals surface area (Å²) in [5.74, 6) is -0.577. The lowest BCUT2D eigenvalue weighted by molar-refractivity contribution is 0.0797. The summed E-state index contributed by atoms with van der Waals surface area (Å²) in [5.41, 5.74) is -0.443. The van der Waals surface area contributed by atoms with Crippen LogP contribution in [0.25, 0.3) is 0 Å². The third kappa shape index (κ3) is 1.59. The predicted molar refractivity (Wildman–Crippen MR) is 42.2 cm³/mol. The van der Waals surface area contributed by atoms with E-state index in [-0.39, 0.29) is 6.61 Å². The minimum absolute atomic E-state index is 0.0489. The van der Waals surface area contributed by atoms with Crippen LogP contribution in [0.2, 0.25) is 0 Å². The van der Waals surface area contributed by atoms with Gasteiger partial charge < -0.3 is 5.11 Å². The highest BCUT2D eigenvalue weighted by molar-refractivity contribution is 4.94. The number of hydrogen-bond acceptors (Lipinski definition) is 2. The van der Waals surface area contributed by atoms with E-state index in [0.29, 0.717) is 13.0 Å². The van der Waals surface area contributed by atoms with Gasteiger partial charge in [0.05, 0.1) is 6.61 Å². The molecule has 4 heteroatoms. The molecule has 0 saturated carbocycles. The number of rotatable bonds is 2. The Labute approximate surface area is 71.2 Å². The maximum atomic E-state index is 12.3. The second kappa shape index (κ2) is 3.26. The average molecular weight is 179 g/mol. The number of aliphatic hydroxyl groups is 1. The van der Waals surface area contributed by atoms with Crippen LogP contribution in [-0.4, -0.2) is 42.2 Å². The highest BCUT2D eigenvalue weighted by Crippen LogP contribution is 2.34. The molecule has 0 aromatic carbocycles. The molecule has 1 fully saturated rings. The molecule has 1 aliphatic rings. The summed E-state index contributed by atoms with van der Waals surface area (Å²) in [6.45, 7) is 2.15. The average Bonchev–Trinajstić information content (AvgIpc) is 2.30. The van der Waals surface area contributed by atoms with Gasteiger partial charge in [-0.3, -0.25) is 4.90 Å². The number of likely N-dealkylation sites (tertiary alicyclic amines) is 1. The van der Waals surface area contributed by atoms with Gasteiger partial charge in [-0.1, -0.05) is 0 Å². The van der Waals surface area contributed by atoms with E-state index in [9.17, 15) is 8.78 Å². The SMILES string of the molecule is CN1CC(C(F)F)C[C@@]1(C)CO. The molecular weight excluding hydrogens is 164 g/mol. The zero-order valence-electron chi connectivity index (χ0n) is 7.43. The quantitative estimate of drug-likeness (QED) is 0.682. The van der Waals surface area contributed by atoms with E-state index in [2.05, 4.69) is 0 Å². The van der Waals surface area contributed by atoms with Crippen molar-refractivity contribution in [2.45, 2.75) is 25.3 Å². The maximum absolute atomic E-state index is 12.3. The van der Waals surface area contributed by atoms with Crippen molar-refractivity contribution in [3.05, 3.63) is 0 Å². The molecule has 12 heavy (non-hydrogen) atoms. The lowest BCUT2D eigenvalue weighted by Crippen LogP contribution is -2.41. The number of aliphatic hydroxyl groups excluding tert-OH is 1. The van der Waals surface area contributed by atoms with Crippen LogP contribution in [0.1, 0.15) is 13.3 Å². The topological polar surface area (TPSA) is 23.5 Å². The van der Waals surface area contributed by atoms with Crippen molar-refractivity contribution in [3.63, 3.8) is 0 Å². The Morgan fingerprint density at radius 2 is 2.25 bits per heavy atom. The summed E-state index contributed by atoms with van der Waals surface area (Å²) in [6, 6.07) is 0. The van der Waals surface area contributed by atoms with E-state index in [1.165, 1.54) is 0 Å². The van der Waals surface area contributed by atoms with Crippen molar-refractivity contribution >= 4 is 0 Å². The van der Waals surface area contributed by atoms with Crippen LogP contribution in [0, 0.1) is 5.92 Å². The minimum Gasteiger partial charge on any atom is -0.394 e. The molecule has 0 radical (unpaired) electrons. The molecular formula is C8H15F2NO. The van der Waals surface area contributed by atoms with Gasteiger partial charge in [-0.2, -0.15) is 0 Å². The van der Waals surface area contributed by atoms with E-state index in [1.807, 2.05) is 11.8 Å². The highest BCUT2D eigenvalue weighted by Gasteiger charge is 2.42. The van der Waals surface area contributed by atoms with E-state index in [1.54, 1.807) is 7.05 Å². The number of nitrogens with zero attached hydrogens (tertiary/aromatic N) is 1. The minimum atomic E-state index is -2.26. The summed E-state index contributed by atoms with van der Waals surface area (Å²) in [6.07, 6.45) is -1.88. The number of hydrogen-bond donors (Lipinski definition) is 1. The molecule has 0 amide bonds. The van der Waals surface area contributed by atoms with Gasteiger partial charge in [0.15, 0.2) is 0 Å². The van der Waals surface area contributed by atoms with Crippen molar-refractivity contribution in [1.29, 1.82) is 0 Å². The number of halogens is 2. The van der Waals surface area contributed by atoms with Crippen LogP contribution in [0.5, 0.6) is 0 Å². The van der Waals surface area contributed by atoms with Crippen LogP contribution in [0.3, 0.4) is 0 Å². The van der Waals surface area contributed by atoms with Gasteiger partial charge in [0.25, 0.3) is 0 Å². The second-order valence-corrected chi connectivity index (χ2v) is 3.83. The van der Waals surface area contributed by atoms with Gasteiger partial charge in [-0.05, 0) is 20.4 Å². The molecule has 2 nitrogen and oxygen atoms in total. The smallest absolute Gasteiger partial charge is 0.242 e. The van der Waals surface area contributed by atoms with Crippen molar-refractivity contribution in [2.75, 3.05) is 20.2 Å². The molecule has 0 bridgehead atoms. The molecule has 2 atom stereocenters. The van der Waals surface area contributed by atoms with Crippen molar-refractivity contribution in [3.8, 4) is 0 Å². The van der Waals surface area contributed by atoms with Gasteiger partial charge in [-0.15, -0.1) is 0 Å². The van der Waals surface area contributed by atoms with Crippen LogP contribution in [-0.2, 0) is 0 Å². The molecule has 1 rings (SSSR count). The largest absolute Gasteiger partial charge is 0.394 e. The lowest BCUT2D eigenvalue weighted by atomic mass is 9.95. The van der Waals surface area contributed by atoms with Gasteiger partial charge >= 0.3 is 0 Å². The Morgan fingerprint density at radius 1 is 1.67 bits per heavy atom. The van der Waals surface area contributed by atoms with Crippen LogP contribution in [0.15, 0.2) is 0 Å². The van der Waals surface area contributed by atoms with Gasteiger partial charge in [0.1, 0.15) is 0 Å². The molecule has 72 valence electrons. The summed E-state index contributed by atoms with van der Waals surface area (Å²) in [4.78, 5) is 1.81. The molecule has 0 aromatic rings. The highest BCUT2D eigenvalue weighted by atomic mass is 19.3. The standard InChI is InChI=1S/C8H15F2NO/c1-8(5-12)3-6(7(9)10)4-11(8)2/h6-7,12H,3-5H2,1-2H3/t6?,8-/m0/s1. The van der Waals surface area contributed by atoms with E-state index in [4.69, 9.17) is 5.11 Å². The molecule has 1 saturated heterocycles. The molecule has 0 spiro atoms. The summed E-state index contributed by atoms with van der Waals surface area (Å²) in [7, 11) is 1.78. The summed E-state index contributed by atoms with van der Waals surface area (Å²) < 4.78 is 24.6. The fourth-order valence-corrected chi connectivity index (χ4v) is 1.71. The molecule has 1 unspecified atom stereocenters. The second-order valence-electron chi connectivity index (χ2n) is 3.83. The molecule has 1 N–H and O–H groups in total. The lowest BCUT2D eigenvalue weighted by Gasteiger charge is -2.29. The third-order valence-electron chi connectivity index (χ3n) is 2.83. The van der Waals surface area contributed by atoms with E-state index in [0.717, 1.165) is 0 Å².